The van der Waals surface area contributed by atoms with Crippen LogP contribution in [-0.2, 0) is 11.8 Å². The standard InChI is InChI=1S/C18H23N3S/c1-12-5-7-13(8-6-12)16-14(9-10-19)21-15(18(2,3)4)11-22-17(21)20-16/h5-8,11H,9-10,19H2,1-4H3. The number of fused-ring (bicyclic) bond motifs is 1. The highest BCUT2D eigenvalue weighted by Gasteiger charge is 2.23. The fourth-order valence-corrected chi connectivity index (χ4v) is 3.88. The van der Waals surface area contributed by atoms with Crippen molar-refractivity contribution in [1.82, 2.24) is 9.38 Å². The third-order valence-corrected chi connectivity index (χ3v) is 4.76. The number of rotatable bonds is 3. The van der Waals surface area contributed by atoms with Crippen LogP contribution in [0.4, 0.5) is 0 Å². The summed E-state index contributed by atoms with van der Waals surface area (Å²) in [7, 11) is 0. The first-order valence-electron chi connectivity index (χ1n) is 7.68. The summed E-state index contributed by atoms with van der Waals surface area (Å²) in [6.45, 7) is 9.46. The van der Waals surface area contributed by atoms with E-state index in [0.717, 1.165) is 17.1 Å². The average Bonchev–Trinajstić information content (AvgIpc) is 3.00. The fourth-order valence-electron chi connectivity index (χ4n) is 2.74. The van der Waals surface area contributed by atoms with Crippen molar-refractivity contribution >= 4 is 16.3 Å². The van der Waals surface area contributed by atoms with Crippen molar-refractivity contribution in [2.45, 2.75) is 39.5 Å². The maximum Gasteiger partial charge on any atom is 0.194 e. The summed E-state index contributed by atoms with van der Waals surface area (Å²) < 4.78 is 2.31. The van der Waals surface area contributed by atoms with E-state index in [0.29, 0.717) is 6.54 Å². The van der Waals surface area contributed by atoms with E-state index < -0.39 is 0 Å². The van der Waals surface area contributed by atoms with Crippen LogP contribution in [0.1, 0.15) is 37.7 Å². The van der Waals surface area contributed by atoms with E-state index in [-0.39, 0.29) is 5.41 Å². The molecule has 0 unspecified atom stereocenters. The van der Waals surface area contributed by atoms with Gasteiger partial charge in [0.25, 0.3) is 0 Å². The Bertz CT molecular complexity index is 788. The molecule has 1 aromatic carbocycles. The number of benzene rings is 1. The zero-order valence-corrected chi connectivity index (χ0v) is 14.5. The van der Waals surface area contributed by atoms with Crippen LogP contribution >= 0.6 is 11.3 Å². The maximum atomic E-state index is 5.87. The van der Waals surface area contributed by atoms with Gasteiger partial charge in [0.05, 0.1) is 11.4 Å². The number of nitrogens with zero attached hydrogens (tertiary/aromatic N) is 2. The lowest BCUT2D eigenvalue weighted by Crippen LogP contribution is -2.16. The van der Waals surface area contributed by atoms with Gasteiger partial charge in [-0.2, -0.15) is 0 Å². The normalized spacial score (nSPS) is 12.2. The highest BCUT2D eigenvalue weighted by atomic mass is 32.1. The predicted molar refractivity (Wildman–Crippen MR) is 94.7 cm³/mol. The van der Waals surface area contributed by atoms with Crippen LogP contribution in [0.15, 0.2) is 29.6 Å². The molecule has 4 heteroatoms. The van der Waals surface area contributed by atoms with Crippen molar-refractivity contribution in [3.63, 3.8) is 0 Å². The molecule has 116 valence electrons. The molecule has 3 nitrogen and oxygen atoms in total. The highest BCUT2D eigenvalue weighted by Crippen LogP contribution is 2.33. The maximum absolute atomic E-state index is 5.87. The lowest BCUT2D eigenvalue weighted by atomic mass is 9.93. The number of aromatic nitrogens is 2. The molecule has 22 heavy (non-hydrogen) atoms. The van der Waals surface area contributed by atoms with Gasteiger partial charge in [-0.25, -0.2) is 4.98 Å². The Morgan fingerprint density at radius 2 is 1.86 bits per heavy atom. The summed E-state index contributed by atoms with van der Waals surface area (Å²) in [6.07, 6.45) is 0.837. The Labute approximate surface area is 135 Å². The molecule has 0 radical (unpaired) electrons. The van der Waals surface area contributed by atoms with Crippen molar-refractivity contribution in [2.75, 3.05) is 6.54 Å². The molecule has 0 aliphatic heterocycles. The Morgan fingerprint density at radius 1 is 1.18 bits per heavy atom. The molecule has 2 aromatic heterocycles. The van der Waals surface area contributed by atoms with Gasteiger partial charge in [0.1, 0.15) is 0 Å². The summed E-state index contributed by atoms with van der Waals surface area (Å²) in [6, 6.07) is 8.58. The number of hydrogen-bond acceptors (Lipinski definition) is 3. The van der Waals surface area contributed by atoms with E-state index in [9.17, 15) is 0 Å². The molecule has 0 saturated carbocycles. The Balaban J connectivity index is 2.25. The first kappa shape index (κ1) is 15.3. The second kappa shape index (κ2) is 5.52. The lowest BCUT2D eigenvalue weighted by Gasteiger charge is -2.18. The van der Waals surface area contributed by atoms with E-state index in [4.69, 9.17) is 10.7 Å². The third kappa shape index (κ3) is 2.57. The predicted octanol–water partition coefficient (Wildman–Crippen LogP) is 4.17. The number of thiazole rings is 1. The van der Waals surface area contributed by atoms with Crippen molar-refractivity contribution < 1.29 is 0 Å². The van der Waals surface area contributed by atoms with Gasteiger partial charge in [-0.3, -0.25) is 4.40 Å². The number of hydrogen-bond donors (Lipinski definition) is 1. The summed E-state index contributed by atoms with van der Waals surface area (Å²) in [5, 5.41) is 2.22. The lowest BCUT2D eigenvalue weighted by molar-refractivity contribution is 0.561. The molecule has 0 amide bonds. The summed E-state index contributed by atoms with van der Waals surface area (Å²) in [5.41, 5.74) is 12.0. The highest BCUT2D eigenvalue weighted by molar-refractivity contribution is 7.15. The van der Waals surface area contributed by atoms with Crippen LogP contribution in [-0.4, -0.2) is 15.9 Å². The molecule has 3 aromatic rings. The number of aryl methyl sites for hydroxylation is 1. The monoisotopic (exact) mass is 313 g/mol. The van der Waals surface area contributed by atoms with Crippen molar-refractivity contribution in [2.24, 2.45) is 5.73 Å². The molecule has 3 rings (SSSR count). The van der Waals surface area contributed by atoms with Crippen LogP contribution in [0.5, 0.6) is 0 Å². The van der Waals surface area contributed by atoms with Crippen molar-refractivity contribution in [3.8, 4) is 11.3 Å². The first-order valence-corrected chi connectivity index (χ1v) is 8.56. The first-order chi connectivity index (χ1) is 10.4. The molecule has 0 atom stereocenters. The van der Waals surface area contributed by atoms with Gasteiger partial charge in [0, 0.05) is 28.5 Å². The van der Waals surface area contributed by atoms with Gasteiger partial charge >= 0.3 is 0 Å². The van der Waals surface area contributed by atoms with E-state index in [1.165, 1.54) is 22.5 Å². The molecule has 2 heterocycles. The smallest absolute Gasteiger partial charge is 0.194 e. The van der Waals surface area contributed by atoms with E-state index >= 15 is 0 Å². The Kier molecular flexibility index (Phi) is 3.83. The average molecular weight is 313 g/mol. The van der Waals surface area contributed by atoms with Crippen LogP contribution in [0.2, 0.25) is 0 Å². The zero-order chi connectivity index (χ0) is 15.9. The van der Waals surface area contributed by atoms with Crippen LogP contribution in [0.25, 0.3) is 16.2 Å². The molecular formula is C18H23N3S. The Morgan fingerprint density at radius 3 is 2.45 bits per heavy atom. The van der Waals surface area contributed by atoms with Gasteiger partial charge in [-0.15, -0.1) is 11.3 Å². The van der Waals surface area contributed by atoms with Gasteiger partial charge in [0.2, 0.25) is 0 Å². The van der Waals surface area contributed by atoms with Crippen LogP contribution in [0, 0.1) is 6.92 Å². The van der Waals surface area contributed by atoms with E-state index in [1.807, 2.05) is 0 Å². The van der Waals surface area contributed by atoms with Gasteiger partial charge in [0.15, 0.2) is 4.96 Å². The van der Waals surface area contributed by atoms with Gasteiger partial charge in [-0.05, 0) is 13.5 Å². The number of nitrogens with two attached hydrogens (primary N) is 1. The SMILES string of the molecule is Cc1ccc(-c2nc3scc(C(C)(C)C)n3c2CCN)cc1. The van der Waals surface area contributed by atoms with Crippen molar-refractivity contribution in [1.29, 1.82) is 0 Å². The molecule has 0 aliphatic rings. The zero-order valence-electron chi connectivity index (χ0n) is 13.7. The minimum Gasteiger partial charge on any atom is -0.330 e. The summed E-state index contributed by atoms with van der Waals surface area (Å²) >= 11 is 1.71. The van der Waals surface area contributed by atoms with E-state index in [1.54, 1.807) is 11.3 Å². The molecule has 0 aliphatic carbocycles. The van der Waals surface area contributed by atoms with Gasteiger partial charge < -0.3 is 5.73 Å². The third-order valence-electron chi connectivity index (χ3n) is 3.93. The molecular weight excluding hydrogens is 290 g/mol. The molecule has 0 saturated heterocycles. The molecule has 0 bridgehead atoms. The summed E-state index contributed by atoms with van der Waals surface area (Å²) in [4.78, 5) is 5.95. The largest absolute Gasteiger partial charge is 0.330 e. The molecule has 0 spiro atoms. The quantitative estimate of drug-likeness (QED) is 0.788. The van der Waals surface area contributed by atoms with Crippen molar-refractivity contribution in [3.05, 3.63) is 46.6 Å². The van der Waals surface area contributed by atoms with Crippen LogP contribution < -0.4 is 5.73 Å². The Hall–Kier alpha value is -1.65. The van der Waals surface area contributed by atoms with Crippen LogP contribution in [0.3, 0.4) is 0 Å². The minimum absolute atomic E-state index is 0.0901. The second-order valence-electron chi connectivity index (χ2n) is 6.80. The molecule has 2 N–H and O–H groups in total. The van der Waals surface area contributed by atoms with E-state index in [2.05, 4.69) is 61.7 Å². The number of imidazole rings is 1. The van der Waals surface area contributed by atoms with Gasteiger partial charge in [-0.1, -0.05) is 50.6 Å². The minimum atomic E-state index is 0.0901. The summed E-state index contributed by atoms with van der Waals surface area (Å²) in [5.74, 6) is 0. The fraction of sp³-hybridized carbons (Fsp3) is 0.389. The molecule has 0 fully saturated rings. The topological polar surface area (TPSA) is 43.3 Å². The second-order valence-corrected chi connectivity index (χ2v) is 7.64.